The van der Waals surface area contributed by atoms with Crippen molar-refractivity contribution >= 4 is 22.6 Å². The van der Waals surface area contributed by atoms with Gasteiger partial charge in [-0.1, -0.05) is 31.2 Å². The molecule has 1 unspecified atom stereocenters. The molecular formula is C22H23N5O. The van der Waals surface area contributed by atoms with Gasteiger partial charge in [-0.3, -0.25) is 9.48 Å². The molecule has 0 bridgehead atoms. The monoisotopic (exact) mass is 373 g/mol. The minimum absolute atomic E-state index is 0.0610. The number of benzene rings is 2. The van der Waals surface area contributed by atoms with E-state index < -0.39 is 0 Å². The number of aryl methyl sites for hydroxylation is 1. The van der Waals surface area contributed by atoms with Gasteiger partial charge in [0.15, 0.2) is 0 Å². The maximum Gasteiger partial charge on any atom is 0.247 e. The summed E-state index contributed by atoms with van der Waals surface area (Å²) in [6, 6.07) is 17.3. The Balaban J connectivity index is 1.56. The lowest BCUT2D eigenvalue weighted by Gasteiger charge is -2.17. The maximum atomic E-state index is 13.0. The Labute approximate surface area is 163 Å². The van der Waals surface area contributed by atoms with Gasteiger partial charge < -0.3 is 9.88 Å². The molecular weight excluding hydrogens is 350 g/mol. The highest BCUT2D eigenvalue weighted by Crippen LogP contribution is 2.23. The van der Waals surface area contributed by atoms with Gasteiger partial charge in [-0.05, 0) is 42.8 Å². The number of nitrogens with zero attached hydrogens (tertiary/aromatic N) is 4. The van der Waals surface area contributed by atoms with Crippen LogP contribution in [0.4, 0.5) is 5.69 Å². The molecule has 2 heterocycles. The van der Waals surface area contributed by atoms with E-state index in [9.17, 15) is 4.79 Å². The summed E-state index contributed by atoms with van der Waals surface area (Å²) < 4.78 is 3.88. The molecule has 1 N–H and O–H groups in total. The number of para-hydroxylation sites is 2. The Kier molecular flexibility index (Phi) is 4.93. The number of fused-ring (bicyclic) bond motifs is 1. The van der Waals surface area contributed by atoms with Crippen LogP contribution in [-0.4, -0.2) is 25.2 Å². The molecule has 0 aliphatic rings. The van der Waals surface area contributed by atoms with Crippen LogP contribution >= 0.6 is 0 Å². The third-order valence-corrected chi connectivity index (χ3v) is 4.85. The molecule has 0 spiro atoms. The minimum atomic E-state index is -0.364. The molecule has 4 rings (SSSR count). The maximum absolute atomic E-state index is 13.0. The second kappa shape index (κ2) is 7.68. The minimum Gasteiger partial charge on any atom is -0.324 e. The summed E-state index contributed by atoms with van der Waals surface area (Å²) in [4.78, 5) is 17.6. The molecule has 2 aromatic carbocycles. The van der Waals surface area contributed by atoms with Gasteiger partial charge >= 0.3 is 0 Å². The van der Waals surface area contributed by atoms with Crippen molar-refractivity contribution in [3.8, 4) is 0 Å². The van der Waals surface area contributed by atoms with E-state index in [0.29, 0.717) is 6.54 Å². The molecule has 1 atom stereocenters. The van der Waals surface area contributed by atoms with Crippen molar-refractivity contribution in [2.45, 2.75) is 32.9 Å². The average Bonchev–Trinajstić information content (AvgIpc) is 3.34. The first-order valence-corrected chi connectivity index (χ1v) is 9.48. The van der Waals surface area contributed by atoms with E-state index in [1.54, 1.807) is 6.20 Å². The number of aromatic nitrogens is 4. The Morgan fingerprint density at radius 3 is 2.79 bits per heavy atom. The SMILES string of the molecule is CCc1nc2ccccc2n1C(C)C(=O)Nc1cccc(Cn2cccn2)c1. The summed E-state index contributed by atoms with van der Waals surface area (Å²) in [5, 5.41) is 7.28. The molecule has 6 heteroatoms. The lowest BCUT2D eigenvalue weighted by molar-refractivity contribution is -0.118. The quantitative estimate of drug-likeness (QED) is 0.555. The van der Waals surface area contributed by atoms with Gasteiger partial charge in [0.2, 0.25) is 5.91 Å². The molecule has 2 aromatic heterocycles. The largest absolute Gasteiger partial charge is 0.324 e. The van der Waals surface area contributed by atoms with E-state index >= 15 is 0 Å². The van der Waals surface area contributed by atoms with Crippen molar-refractivity contribution in [3.63, 3.8) is 0 Å². The molecule has 142 valence electrons. The normalized spacial score (nSPS) is 12.2. The molecule has 0 aliphatic heterocycles. The van der Waals surface area contributed by atoms with E-state index in [4.69, 9.17) is 0 Å². The van der Waals surface area contributed by atoms with Crippen molar-refractivity contribution in [2.24, 2.45) is 0 Å². The number of carbonyl (C=O) groups is 1. The molecule has 4 aromatic rings. The van der Waals surface area contributed by atoms with Crippen LogP contribution in [0.2, 0.25) is 0 Å². The number of imidazole rings is 1. The number of hydrogen-bond donors (Lipinski definition) is 1. The predicted octanol–water partition coefficient (Wildman–Crippen LogP) is 4.04. The van der Waals surface area contributed by atoms with Gasteiger partial charge in [0, 0.05) is 24.5 Å². The Morgan fingerprint density at radius 2 is 2.00 bits per heavy atom. The standard InChI is InChI=1S/C22H23N5O/c1-3-21-25-19-10-4-5-11-20(19)27(21)16(2)22(28)24-18-9-6-8-17(14-18)15-26-13-7-12-23-26/h4-14,16H,3,15H2,1-2H3,(H,24,28). The number of amides is 1. The van der Waals surface area contributed by atoms with E-state index in [2.05, 4.69) is 22.3 Å². The first-order chi connectivity index (χ1) is 13.7. The van der Waals surface area contributed by atoms with E-state index in [1.165, 1.54) is 0 Å². The summed E-state index contributed by atoms with van der Waals surface area (Å²) in [7, 11) is 0. The fourth-order valence-electron chi connectivity index (χ4n) is 3.47. The highest BCUT2D eigenvalue weighted by Gasteiger charge is 2.21. The molecule has 0 aliphatic carbocycles. The Hall–Kier alpha value is -3.41. The molecule has 0 radical (unpaired) electrons. The summed E-state index contributed by atoms with van der Waals surface area (Å²) in [5.41, 5.74) is 3.76. The fourth-order valence-corrected chi connectivity index (χ4v) is 3.47. The van der Waals surface area contributed by atoms with Gasteiger partial charge in [0.05, 0.1) is 17.6 Å². The summed E-state index contributed by atoms with van der Waals surface area (Å²) in [6.45, 7) is 4.63. The zero-order valence-corrected chi connectivity index (χ0v) is 16.0. The number of nitrogens with one attached hydrogen (secondary N) is 1. The van der Waals surface area contributed by atoms with Crippen LogP contribution in [0.25, 0.3) is 11.0 Å². The number of carbonyl (C=O) groups excluding carboxylic acids is 1. The van der Waals surface area contributed by atoms with Crippen LogP contribution in [0.5, 0.6) is 0 Å². The third-order valence-electron chi connectivity index (χ3n) is 4.85. The van der Waals surface area contributed by atoms with Crippen LogP contribution in [0.15, 0.2) is 67.0 Å². The van der Waals surface area contributed by atoms with Crippen LogP contribution in [0, 0.1) is 0 Å². The molecule has 6 nitrogen and oxygen atoms in total. The van der Waals surface area contributed by atoms with Gasteiger partial charge in [-0.15, -0.1) is 0 Å². The Bertz CT molecular complexity index is 1100. The van der Waals surface area contributed by atoms with E-state index in [-0.39, 0.29) is 11.9 Å². The molecule has 1 amide bonds. The van der Waals surface area contributed by atoms with Crippen molar-refractivity contribution in [2.75, 3.05) is 5.32 Å². The number of hydrogen-bond acceptors (Lipinski definition) is 3. The van der Waals surface area contributed by atoms with Crippen molar-refractivity contribution in [1.82, 2.24) is 19.3 Å². The highest BCUT2D eigenvalue weighted by molar-refractivity contribution is 5.94. The zero-order valence-electron chi connectivity index (χ0n) is 16.0. The summed E-state index contributed by atoms with van der Waals surface area (Å²) in [5.74, 6) is 0.852. The van der Waals surface area contributed by atoms with Crippen molar-refractivity contribution in [1.29, 1.82) is 0 Å². The number of anilines is 1. The van der Waals surface area contributed by atoms with Crippen LogP contribution in [-0.2, 0) is 17.8 Å². The second-order valence-electron chi connectivity index (χ2n) is 6.81. The lowest BCUT2D eigenvalue weighted by atomic mass is 10.2. The van der Waals surface area contributed by atoms with Gasteiger partial charge in [-0.2, -0.15) is 5.10 Å². The molecule has 0 saturated heterocycles. The molecule has 28 heavy (non-hydrogen) atoms. The molecule has 0 fully saturated rings. The van der Waals surface area contributed by atoms with E-state index in [1.807, 2.05) is 77.0 Å². The smallest absolute Gasteiger partial charge is 0.247 e. The van der Waals surface area contributed by atoms with Crippen molar-refractivity contribution < 1.29 is 4.79 Å². The van der Waals surface area contributed by atoms with Crippen LogP contribution in [0.1, 0.15) is 31.3 Å². The van der Waals surface area contributed by atoms with Gasteiger partial charge in [-0.25, -0.2) is 4.98 Å². The first-order valence-electron chi connectivity index (χ1n) is 9.48. The van der Waals surface area contributed by atoms with Crippen LogP contribution in [0.3, 0.4) is 0 Å². The first kappa shape index (κ1) is 18.0. The topological polar surface area (TPSA) is 64.7 Å². The van der Waals surface area contributed by atoms with Gasteiger partial charge in [0.25, 0.3) is 0 Å². The third kappa shape index (κ3) is 3.53. The van der Waals surface area contributed by atoms with Crippen molar-refractivity contribution in [3.05, 3.63) is 78.4 Å². The van der Waals surface area contributed by atoms with E-state index in [0.717, 1.165) is 34.5 Å². The summed E-state index contributed by atoms with van der Waals surface area (Å²) >= 11 is 0. The molecule has 0 saturated carbocycles. The predicted molar refractivity (Wildman–Crippen MR) is 110 cm³/mol. The average molecular weight is 373 g/mol. The van der Waals surface area contributed by atoms with Gasteiger partial charge in [0.1, 0.15) is 11.9 Å². The Morgan fingerprint density at radius 1 is 1.14 bits per heavy atom. The zero-order chi connectivity index (χ0) is 19.5. The highest BCUT2D eigenvalue weighted by atomic mass is 16.2. The number of rotatable bonds is 6. The second-order valence-corrected chi connectivity index (χ2v) is 6.81. The van der Waals surface area contributed by atoms with Crippen LogP contribution < -0.4 is 5.32 Å². The lowest BCUT2D eigenvalue weighted by Crippen LogP contribution is -2.25. The summed E-state index contributed by atoms with van der Waals surface area (Å²) in [6.07, 6.45) is 4.45. The fraction of sp³-hybridized carbons (Fsp3) is 0.227.